The van der Waals surface area contributed by atoms with Crippen LogP contribution >= 0.6 is 0 Å². The molecule has 3 rings (SSSR count). The molecule has 1 N–H and O–H groups in total. The van der Waals surface area contributed by atoms with Gasteiger partial charge in [-0.15, -0.1) is 0 Å². The van der Waals surface area contributed by atoms with E-state index in [0.717, 1.165) is 31.7 Å². The summed E-state index contributed by atoms with van der Waals surface area (Å²) in [6.45, 7) is 8.40. The van der Waals surface area contributed by atoms with Gasteiger partial charge in [0.15, 0.2) is 0 Å². The normalized spacial score (nSPS) is 22.5. The molecule has 0 saturated carbocycles. The Labute approximate surface area is 133 Å². The molecule has 2 amide bonds. The van der Waals surface area contributed by atoms with Gasteiger partial charge in [0.05, 0.1) is 0 Å². The van der Waals surface area contributed by atoms with E-state index in [1.54, 1.807) is 0 Å². The molecule has 2 aliphatic heterocycles. The summed E-state index contributed by atoms with van der Waals surface area (Å²) in [6.07, 6.45) is 3.58. The van der Waals surface area contributed by atoms with Crippen LogP contribution in [0.1, 0.15) is 44.6 Å². The molecule has 0 aliphatic carbocycles. The smallest absolute Gasteiger partial charge is 0.321 e. The molecule has 4 nitrogen and oxygen atoms in total. The van der Waals surface area contributed by atoms with Crippen molar-refractivity contribution in [2.24, 2.45) is 0 Å². The summed E-state index contributed by atoms with van der Waals surface area (Å²) in [7, 11) is 0. The highest BCUT2D eigenvalue weighted by atomic mass is 16.2. The van der Waals surface area contributed by atoms with E-state index < -0.39 is 0 Å². The molecule has 2 fully saturated rings. The Bertz CT molecular complexity index is 529. The quantitative estimate of drug-likeness (QED) is 0.907. The predicted molar refractivity (Wildman–Crippen MR) is 90.3 cm³/mol. The number of urea groups is 1. The lowest BCUT2D eigenvalue weighted by atomic mass is 10.0. The van der Waals surface area contributed by atoms with Crippen LogP contribution in [0.4, 0.5) is 10.5 Å². The highest BCUT2D eigenvalue weighted by Crippen LogP contribution is 2.25. The number of amides is 2. The lowest BCUT2D eigenvalue weighted by Gasteiger charge is -2.26. The van der Waals surface area contributed by atoms with Crippen LogP contribution in [0, 0.1) is 0 Å². The SMILES string of the molecule is CC(C)c1ccccc1NC(=O)N1CCCN2CCC[C@H]2C1. The first-order chi connectivity index (χ1) is 10.6. The topological polar surface area (TPSA) is 35.6 Å². The van der Waals surface area contributed by atoms with Crippen molar-refractivity contribution < 1.29 is 4.79 Å². The molecule has 22 heavy (non-hydrogen) atoms. The Morgan fingerprint density at radius 2 is 1.95 bits per heavy atom. The number of carbonyl (C=O) groups is 1. The molecule has 0 aromatic heterocycles. The minimum absolute atomic E-state index is 0.0573. The maximum Gasteiger partial charge on any atom is 0.321 e. The number of benzene rings is 1. The van der Waals surface area contributed by atoms with Gasteiger partial charge in [-0.2, -0.15) is 0 Å². The zero-order valence-corrected chi connectivity index (χ0v) is 13.7. The summed E-state index contributed by atoms with van der Waals surface area (Å²) in [5.74, 6) is 0.408. The second kappa shape index (κ2) is 6.69. The summed E-state index contributed by atoms with van der Waals surface area (Å²) >= 11 is 0. The second-order valence-corrected chi connectivity index (χ2v) is 6.80. The summed E-state index contributed by atoms with van der Waals surface area (Å²) in [5.41, 5.74) is 2.16. The standard InChI is InChI=1S/C18H27N3O/c1-14(2)16-8-3-4-9-17(16)19-18(22)21-12-6-11-20-10-5-7-15(20)13-21/h3-4,8-9,14-15H,5-7,10-13H2,1-2H3,(H,19,22)/t15-/m0/s1. The third-order valence-corrected chi connectivity index (χ3v) is 4.92. The Morgan fingerprint density at radius 3 is 2.77 bits per heavy atom. The van der Waals surface area contributed by atoms with Crippen molar-refractivity contribution >= 4 is 11.7 Å². The fourth-order valence-corrected chi connectivity index (χ4v) is 3.70. The van der Waals surface area contributed by atoms with E-state index in [1.807, 2.05) is 23.1 Å². The number of nitrogens with one attached hydrogen (secondary N) is 1. The first kappa shape index (κ1) is 15.3. The number of anilines is 1. The largest absolute Gasteiger partial charge is 0.323 e. The van der Waals surface area contributed by atoms with Crippen molar-refractivity contribution in [2.45, 2.75) is 45.1 Å². The Morgan fingerprint density at radius 1 is 1.18 bits per heavy atom. The van der Waals surface area contributed by atoms with Crippen molar-refractivity contribution in [1.29, 1.82) is 0 Å². The maximum absolute atomic E-state index is 12.7. The number of nitrogens with zero attached hydrogens (tertiary/aromatic N) is 2. The highest BCUT2D eigenvalue weighted by Gasteiger charge is 2.30. The number of fused-ring (bicyclic) bond motifs is 1. The van der Waals surface area contributed by atoms with Crippen molar-refractivity contribution in [3.05, 3.63) is 29.8 Å². The molecule has 1 aromatic carbocycles. The minimum atomic E-state index is 0.0573. The molecule has 2 aliphatic rings. The number of hydrogen-bond acceptors (Lipinski definition) is 2. The molecular weight excluding hydrogens is 274 g/mol. The summed E-state index contributed by atoms with van der Waals surface area (Å²) < 4.78 is 0. The lowest BCUT2D eigenvalue weighted by molar-refractivity contribution is 0.200. The van der Waals surface area contributed by atoms with Crippen LogP contribution in [0.5, 0.6) is 0 Å². The third kappa shape index (κ3) is 3.27. The fraction of sp³-hybridized carbons (Fsp3) is 0.611. The van der Waals surface area contributed by atoms with E-state index in [2.05, 4.69) is 30.1 Å². The van der Waals surface area contributed by atoms with Crippen LogP contribution in [-0.2, 0) is 0 Å². The Kier molecular flexibility index (Phi) is 4.67. The van der Waals surface area contributed by atoms with Gasteiger partial charge in [0.1, 0.15) is 0 Å². The molecule has 0 bridgehead atoms. The average Bonchev–Trinajstić information content (AvgIpc) is 2.84. The number of hydrogen-bond donors (Lipinski definition) is 1. The number of para-hydroxylation sites is 1. The van der Waals surface area contributed by atoms with Gasteiger partial charge in [0.25, 0.3) is 0 Å². The molecular formula is C18H27N3O. The van der Waals surface area contributed by atoms with Crippen LogP contribution in [-0.4, -0.2) is 48.1 Å². The van der Waals surface area contributed by atoms with Gasteiger partial charge in [-0.05, 0) is 43.4 Å². The van der Waals surface area contributed by atoms with Gasteiger partial charge < -0.3 is 10.2 Å². The lowest BCUT2D eigenvalue weighted by Crippen LogP contribution is -2.41. The zero-order valence-electron chi connectivity index (χ0n) is 13.7. The predicted octanol–water partition coefficient (Wildman–Crippen LogP) is 3.51. The molecule has 120 valence electrons. The van der Waals surface area contributed by atoms with Crippen molar-refractivity contribution in [3.8, 4) is 0 Å². The Hall–Kier alpha value is -1.55. The van der Waals surface area contributed by atoms with Crippen LogP contribution in [0.25, 0.3) is 0 Å². The summed E-state index contributed by atoms with van der Waals surface area (Å²) in [4.78, 5) is 17.2. The molecule has 1 aromatic rings. The van der Waals surface area contributed by atoms with Gasteiger partial charge in [-0.1, -0.05) is 32.0 Å². The van der Waals surface area contributed by atoms with Crippen LogP contribution in [0.15, 0.2) is 24.3 Å². The molecule has 2 heterocycles. The third-order valence-electron chi connectivity index (χ3n) is 4.92. The number of rotatable bonds is 2. The van der Waals surface area contributed by atoms with Crippen LogP contribution in [0.3, 0.4) is 0 Å². The van der Waals surface area contributed by atoms with Crippen molar-refractivity contribution in [1.82, 2.24) is 9.80 Å². The van der Waals surface area contributed by atoms with Gasteiger partial charge in [-0.3, -0.25) is 4.90 Å². The van der Waals surface area contributed by atoms with Gasteiger partial charge in [0.2, 0.25) is 0 Å². The molecule has 1 atom stereocenters. The summed E-state index contributed by atoms with van der Waals surface area (Å²) in [5, 5.41) is 3.14. The van der Waals surface area contributed by atoms with Gasteiger partial charge >= 0.3 is 6.03 Å². The second-order valence-electron chi connectivity index (χ2n) is 6.80. The van der Waals surface area contributed by atoms with E-state index in [-0.39, 0.29) is 6.03 Å². The highest BCUT2D eigenvalue weighted by molar-refractivity contribution is 5.90. The van der Waals surface area contributed by atoms with Crippen molar-refractivity contribution in [2.75, 3.05) is 31.5 Å². The molecule has 0 unspecified atom stereocenters. The van der Waals surface area contributed by atoms with E-state index >= 15 is 0 Å². The maximum atomic E-state index is 12.7. The average molecular weight is 301 g/mol. The van der Waals surface area contributed by atoms with E-state index in [4.69, 9.17) is 0 Å². The zero-order chi connectivity index (χ0) is 15.5. The molecule has 4 heteroatoms. The van der Waals surface area contributed by atoms with E-state index in [9.17, 15) is 4.79 Å². The van der Waals surface area contributed by atoms with Crippen LogP contribution < -0.4 is 5.32 Å². The molecule has 0 spiro atoms. The molecule has 2 saturated heterocycles. The fourth-order valence-electron chi connectivity index (χ4n) is 3.70. The molecule has 0 radical (unpaired) electrons. The van der Waals surface area contributed by atoms with E-state index in [0.29, 0.717) is 12.0 Å². The van der Waals surface area contributed by atoms with E-state index in [1.165, 1.54) is 24.9 Å². The number of carbonyl (C=O) groups excluding carboxylic acids is 1. The van der Waals surface area contributed by atoms with Crippen LogP contribution in [0.2, 0.25) is 0 Å². The minimum Gasteiger partial charge on any atom is -0.323 e. The van der Waals surface area contributed by atoms with Gasteiger partial charge in [0, 0.05) is 31.4 Å². The first-order valence-corrected chi connectivity index (χ1v) is 8.54. The van der Waals surface area contributed by atoms with Gasteiger partial charge in [-0.25, -0.2) is 4.79 Å². The van der Waals surface area contributed by atoms with Crippen molar-refractivity contribution in [3.63, 3.8) is 0 Å². The summed E-state index contributed by atoms with van der Waals surface area (Å²) in [6, 6.07) is 8.75. The monoisotopic (exact) mass is 301 g/mol. The first-order valence-electron chi connectivity index (χ1n) is 8.54. The Balaban J connectivity index is 1.69.